The molecule has 3 heteroatoms. The van der Waals surface area contributed by atoms with Gasteiger partial charge in [0.05, 0.1) is 31.2 Å². The molecule has 0 saturated heterocycles. The molecule has 0 spiro atoms. The van der Waals surface area contributed by atoms with E-state index in [-0.39, 0.29) is 0 Å². The zero-order chi connectivity index (χ0) is 17.2. The summed E-state index contributed by atoms with van der Waals surface area (Å²) in [4.78, 5) is 0. The van der Waals surface area contributed by atoms with Crippen molar-refractivity contribution in [2.45, 2.75) is 45.6 Å². The predicted molar refractivity (Wildman–Crippen MR) is 97.5 cm³/mol. The van der Waals surface area contributed by atoms with Gasteiger partial charge in [0, 0.05) is 5.56 Å². The second-order valence-electron chi connectivity index (χ2n) is 6.17. The Balaban J connectivity index is 1.72. The van der Waals surface area contributed by atoms with Crippen molar-refractivity contribution in [2.75, 3.05) is 0 Å². The fourth-order valence-electron chi connectivity index (χ4n) is 2.54. The first kappa shape index (κ1) is 18.1. The van der Waals surface area contributed by atoms with Gasteiger partial charge in [-0.05, 0) is 57.2 Å². The molecular formula is C21H26O3. The van der Waals surface area contributed by atoms with Crippen molar-refractivity contribution in [1.29, 1.82) is 0 Å². The van der Waals surface area contributed by atoms with Gasteiger partial charge in [0.25, 0.3) is 0 Å². The minimum atomic E-state index is -0.433. The lowest BCUT2D eigenvalue weighted by Gasteiger charge is -2.08. The van der Waals surface area contributed by atoms with E-state index in [1.54, 1.807) is 25.1 Å². The molecule has 0 bridgehead atoms. The van der Waals surface area contributed by atoms with Crippen molar-refractivity contribution in [3.8, 4) is 0 Å². The number of hydrogen-bond donors (Lipinski definition) is 1. The molecule has 2 rings (SSSR count). The average Bonchev–Trinajstić information content (AvgIpc) is 3.20. The first-order valence-corrected chi connectivity index (χ1v) is 8.34. The molecule has 0 aromatic carbocycles. The summed E-state index contributed by atoms with van der Waals surface area (Å²) < 4.78 is 10.1. The van der Waals surface area contributed by atoms with Crippen molar-refractivity contribution < 1.29 is 13.9 Å². The van der Waals surface area contributed by atoms with Gasteiger partial charge in [-0.3, -0.25) is 0 Å². The standard InChI is InChI=1S/C21H26O3/c1-17(5-3-7-19-9-11-23-15-19)13-21(22)14-18(2)6-4-8-20-10-12-24-16-20/h3,6-7,9-13,15-16,21-22H,4-5,8,14H2,1-2H3/t21-/m0/s1. The third-order valence-corrected chi connectivity index (χ3v) is 3.81. The Morgan fingerprint density at radius 1 is 1.12 bits per heavy atom. The molecule has 0 amide bonds. The largest absolute Gasteiger partial charge is 0.472 e. The molecular weight excluding hydrogens is 300 g/mol. The molecule has 0 saturated carbocycles. The predicted octanol–water partition coefficient (Wildman–Crippen LogP) is 5.55. The number of hydrogen-bond acceptors (Lipinski definition) is 3. The normalized spacial score (nSPS) is 14.5. The molecule has 3 nitrogen and oxygen atoms in total. The van der Waals surface area contributed by atoms with Gasteiger partial charge in [0.15, 0.2) is 0 Å². The quantitative estimate of drug-likeness (QED) is 0.614. The van der Waals surface area contributed by atoms with E-state index in [1.807, 2.05) is 31.2 Å². The molecule has 0 aliphatic carbocycles. The highest BCUT2D eigenvalue weighted by molar-refractivity contribution is 5.47. The lowest BCUT2D eigenvalue weighted by Crippen LogP contribution is -2.03. The number of furan rings is 2. The van der Waals surface area contributed by atoms with Gasteiger partial charge in [-0.25, -0.2) is 0 Å². The molecule has 2 aromatic heterocycles. The lowest BCUT2D eigenvalue weighted by molar-refractivity contribution is 0.222. The number of aliphatic hydroxyl groups excluding tert-OH is 1. The molecule has 0 aliphatic rings. The van der Waals surface area contributed by atoms with Crippen LogP contribution in [0, 0.1) is 0 Å². The van der Waals surface area contributed by atoms with E-state index in [0.29, 0.717) is 6.42 Å². The maximum Gasteiger partial charge on any atom is 0.0974 e. The van der Waals surface area contributed by atoms with Crippen molar-refractivity contribution in [3.63, 3.8) is 0 Å². The molecule has 0 aliphatic heterocycles. The van der Waals surface area contributed by atoms with Crippen LogP contribution in [0.15, 0.2) is 75.4 Å². The highest BCUT2D eigenvalue weighted by atomic mass is 16.3. The second kappa shape index (κ2) is 9.78. The van der Waals surface area contributed by atoms with Crippen LogP contribution in [0.3, 0.4) is 0 Å². The van der Waals surface area contributed by atoms with E-state index >= 15 is 0 Å². The maximum absolute atomic E-state index is 10.2. The topological polar surface area (TPSA) is 46.5 Å². The van der Waals surface area contributed by atoms with Crippen LogP contribution in [0.5, 0.6) is 0 Å². The third kappa shape index (κ3) is 6.88. The van der Waals surface area contributed by atoms with Crippen LogP contribution in [0.25, 0.3) is 6.08 Å². The molecule has 2 heterocycles. The SMILES string of the molecule is CC(=C[C@H](O)CC(C)=CCCc1ccoc1)CC=Cc1ccoc1. The monoisotopic (exact) mass is 326 g/mol. The summed E-state index contributed by atoms with van der Waals surface area (Å²) in [6.07, 6.45) is 18.1. The lowest BCUT2D eigenvalue weighted by atomic mass is 10.0. The first-order chi connectivity index (χ1) is 11.6. The van der Waals surface area contributed by atoms with Crippen LogP contribution >= 0.6 is 0 Å². The van der Waals surface area contributed by atoms with Gasteiger partial charge in [-0.2, -0.15) is 0 Å². The van der Waals surface area contributed by atoms with Gasteiger partial charge < -0.3 is 13.9 Å². The third-order valence-electron chi connectivity index (χ3n) is 3.81. The summed E-state index contributed by atoms with van der Waals surface area (Å²) in [6, 6.07) is 3.91. The highest BCUT2D eigenvalue weighted by Crippen LogP contribution is 2.13. The Morgan fingerprint density at radius 3 is 2.62 bits per heavy atom. The van der Waals surface area contributed by atoms with Gasteiger partial charge in [0.2, 0.25) is 0 Å². The van der Waals surface area contributed by atoms with Crippen molar-refractivity contribution >= 4 is 6.08 Å². The Bertz CT molecular complexity index is 658. The molecule has 1 N–H and O–H groups in total. The van der Waals surface area contributed by atoms with E-state index in [1.165, 1.54) is 11.1 Å². The molecule has 128 valence electrons. The molecule has 0 unspecified atom stereocenters. The molecule has 24 heavy (non-hydrogen) atoms. The number of allylic oxidation sites excluding steroid dienone is 3. The summed E-state index contributed by atoms with van der Waals surface area (Å²) in [5.41, 5.74) is 4.64. The van der Waals surface area contributed by atoms with Crippen LogP contribution in [-0.2, 0) is 6.42 Å². The molecule has 0 radical (unpaired) electrons. The number of aliphatic hydroxyl groups is 1. The van der Waals surface area contributed by atoms with Crippen molar-refractivity contribution in [3.05, 3.63) is 77.7 Å². The Hall–Kier alpha value is -2.26. The van der Waals surface area contributed by atoms with E-state index < -0.39 is 6.10 Å². The van der Waals surface area contributed by atoms with Gasteiger partial charge in [-0.1, -0.05) is 35.5 Å². The summed E-state index contributed by atoms with van der Waals surface area (Å²) in [5, 5.41) is 10.2. The zero-order valence-electron chi connectivity index (χ0n) is 14.4. The maximum atomic E-state index is 10.2. The zero-order valence-corrected chi connectivity index (χ0v) is 14.4. The smallest absolute Gasteiger partial charge is 0.0974 e. The summed E-state index contributed by atoms with van der Waals surface area (Å²) in [5.74, 6) is 0. The molecule has 0 fully saturated rings. The molecule has 1 atom stereocenters. The van der Waals surface area contributed by atoms with E-state index in [4.69, 9.17) is 8.83 Å². The second-order valence-corrected chi connectivity index (χ2v) is 6.17. The minimum Gasteiger partial charge on any atom is -0.472 e. The van der Waals surface area contributed by atoms with Crippen LogP contribution < -0.4 is 0 Å². The Labute approximate surface area is 144 Å². The summed E-state index contributed by atoms with van der Waals surface area (Å²) in [6.45, 7) is 4.11. The average molecular weight is 326 g/mol. The van der Waals surface area contributed by atoms with Crippen molar-refractivity contribution in [1.82, 2.24) is 0 Å². The summed E-state index contributed by atoms with van der Waals surface area (Å²) >= 11 is 0. The van der Waals surface area contributed by atoms with Crippen molar-refractivity contribution in [2.24, 2.45) is 0 Å². The van der Waals surface area contributed by atoms with Gasteiger partial charge in [0.1, 0.15) is 0 Å². The highest BCUT2D eigenvalue weighted by Gasteiger charge is 2.02. The van der Waals surface area contributed by atoms with Crippen LogP contribution in [0.1, 0.15) is 44.2 Å². The number of rotatable bonds is 9. The van der Waals surface area contributed by atoms with Crippen LogP contribution in [0.4, 0.5) is 0 Å². The summed E-state index contributed by atoms with van der Waals surface area (Å²) in [7, 11) is 0. The molecule has 2 aromatic rings. The van der Waals surface area contributed by atoms with E-state index in [0.717, 1.165) is 30.4 Å². The van der Waals surface area contributed by atoms with E-state index in [9.17, 15) is 5.11 Å². The Morgan fingerprint density at radius 2 is 1.92 bits per heavy atom. The first-order valence-electron chi connectivity index (χ1n) is 8.34. The Kier molecular flexibility index (Phi) is 7.37. The van der Waals surface area contributed by atoms with Crippen LogP contribution in [0.2, 0.25) is 0 Å². The van der Waals surface area contributed by atoms with E-state index in [2.05, 4.69) is 19.1 Å². The van der Waals surface area contributed by atoms with Gasteiger partial charge >= 0.3 is 0 Å². The van der Waals surface area contributed by atoms with Crippen LogP contribution in [-0.4, -0.2) is 11.2 Å². The minimum absolute atomic E-state index is 0.433. The fraction of sp³-hybridized carbons (Fsp3) is 0.333. The fourth-order valence-corrected chi connectivity index (χ4v) is 2.54. The van der Waals surface area contributed by atoms with Gasteiger partial charge in [-0.15, -0.1) is 0 Å². The number of aryl methyl sites for hydroxylation is 1.